The molecule has 8 atom stereocenters. The number of hydrogen-bond acceptors (Lipinski definition) is 10. The molecule has 0 aromatic carbocycles. The highest BCUT2D eigenvalue weighted by Crippen LogP contribution is 2.45. The van der Waals surface area contributed by atoms with Crippen molar-refractivity contribution in [2.75, 3.05) is 0 Å². The monoisotopic (exact) mass is 756 g/mol. The smallest absolute Gasteiger partial charge is 0.303 e. The van der Waals surface area contributed by atoms with E-state index in [1.54, 1.807) is 0 Å². The number of esters is 2. The zero-order valence-corrected chi connectivity index (χ0v) is 35.3. The number of allylic oxidation sites excluding steroid dienone is 2. The van der Waals surface area contributed by atoms with E-state index in [2.05, 4.69) is 0 Å². The maximum atomic E-state index is 13.0. The number of fused-ring (bicyclic) bond motifs is 2. The molecule has 10 nitrogen and oxygen atoms in total. The highest BCUT2D eigenvalue weighted by molar-refractivity contribution is 6.02. The summed E-state index contributed by atoms with van der Waals surface area (Å²) < 4.78 is 22.8. The summed E-state index contributed by atoms with van der Waals surface area (Å²) in [4.78, 5) is 74.3. The summed E-state index contributed by atoms with van der Waals surface area (Å²) in [6.07, 6.45) is 7.92. The van der Waals surface area contributed by atoms with Gasteiger partial charge in [-0.1, -0.05) is 25.0 Å². The molecular formula is C44H68O10. The normalized spacial score (nSPS) is 35.9. The molecule has 2 saturated carbocycles. The molecule has 2 aliphatic carbocycles. The fourth-order valence-corrected chi connectivity index (χ4v) is 8.10. The molecule has 0 aromatic heterocycles. The molecule has 54 heavy (non-hydrogen) atoms. The number of rotatable bonds is 2. The quantitative estimate of drug-likeness (QED) is 0.152. The molecule has 304 valence electrons. The van der Waals surface area contributed by atoms with Gasteiger partial charge >= 0.3 is 11.9 Å². The Bertz CT molecular complexity index is 1400. The lowest BCUT2D eigenvalue weighted by molar-refractivity contribution is -0.158. The number of ketones is 4. The van der Waals surface area contributed by atoms with E-state index in [0.29, 0.717) is 51.4 Å². The molecule has 2 saturated heterocycles. The zero-order valence-electron chi connectivity index (χ0n) is 35.3. The van der Waals surface area contributed by atoms with E-state index >= 15 is 0 Å². The number of Topliss-reactive ketones (excluding diaryl/α,β-unsaturated/α-hetero) is 4. The molecule has 0 unspecified atom stereocenters. The predicted molar refractivity (Wildman–Crippen MR) is 207 cm³/mol. The predicted octanol–water partition coefficient (Wildman–Crippen LogP) is 8.64. The SMILES string of the molecule is CC(=O)O[C@@]1(C)CCC(=O)[C@@H](C)CCC[C@]2(C)O[C@H]2C(=O)C(=C(C)C)CC1.CC(=O)O[C@@]1(C)CCC(=O)[C@@H](C)CCC[C@]2(C)O[C@H]2C(=O)C(=C(C)C)CC1. The summed E-state index contributed by atoms with van der Waals surface area (Å²) in [5.74, 6) is -0.235. The van der Waals surface area contributed by atoms with Crippen LogP contribution in [0.2, 0.25) is 0 Å². The van der Waals surface area contributed by atoms with Gasteiger partial charge in [0.2, 0.25) is 0 Å². The maximum absolute atomic E-state index is 13.0. The lowest BCUT2D eigenvalue weighted by Gasteiger charge is -2.30. The van der Waals surface area contributed by atoms with Crippen LogP contribution >= 0.6 is 0 Å². The van der Waals surface area contributed by atoms with E-state index < -0.39 is 34.6 Å². The second-order valence-corrected chi connectivity index (χ2v) is 17.9. The third kappa shape index (κ3) is 12.5. The highest BCUT2D eigenvalue weighted by atomic mass is 16.6. The van der Waals surface area contributed by atoms with Gasteiger partial charge in [-0.2, -0.15) is 0 Å². The Morgan fingerprint density at radius 3 is 1.15 bits per heavy atom. The van der Waals surface area contributed by atoms with Crippen molar-refractivity contribution in [1.82, 2.24) is 0 Å². The first kappa shape index (κ1) is 45.4. The Morgan fingerprint density at radius 2 is 0.852 bits per heavy atom. The van der Waals surface area contributed by atoms with Gasteiger partial charge in [0, 0.05) is 38.5 Å². The fourth-order valence-electron chi connectivity index (χ4n) is 8.10. The molecule has 10 heteroatoms. The first-order valence-electron chi connectivity index (χ1n) is 20.2. The van der Waals surface area contributed by atoms with Gasteiger partial charge < -0.3 is 18.9 Å². The number of epoxide rings is 2. The van der Waals surface area contributed by atoms with Gasteiger partial charge in [-0.25, -0.2) is 0 Å². The first-order chi connectivity index (χ1) is 24.9. The van der Waals surface area contributed by atoms with E-state index in [9.17, 15) is 28.8 Å². The fraction of sp³-hybridized carbons (Fsp3) is 0.773. The third-order valence-electron chi connectivity index (χ3n) is 12.2. The van der Waals surface area contributed by atoms with Crippen molar-refractivity contribution < 1.29 is 47.7 Å². The molecular weight excluding hydrogens is 688 g/mol. The maximum Gasteiger partial charge on any atom is 0.303 e. The molecule has 4 rings (SSSR count). The van der Waals surface area contributed by atoms with Crippen LogP contribution in [-0.4, -0.2) is 69.7 Å². The molecule has 2 heterocycles. The Kier molecular flexibility index (Phi) is 15.4. The Hall–Kier alpha value is -2.98. The summed E-state index contributed by atoms with van der Waals surface area (Å²) in [6.45, 7) is 22.1. The largest absolute Gasteiger partial charge is 0.460 e. The van der Waals surface area contributed by atoms with E-state index in [4.69, 9.17) is 18.9 Å². The Labute approximate surface area is 323 Å². The van der Waals surface area contributed by atoms with Gasteiger partial charge in [0.15, 0.2) is 11.6 Å². The van der Waals surface area contributed by atoms with Gasteiger partial charge in [-0.15, -0.1) is 0 Å². The Morgan fingerprint density at radius 1 is 0.537 bits per heavy atom. The number of carbonyl (C=O) groups excluding carboxylic acids is 6. The molecule has 0 aromatic rings. The van der Waals surface area contributed by atoms with Crippen LogP contribution < -0.4 is 0 Å². The lowest BCUT2D eigenvalue weighted by atomic mass is 9.84. The van der Waals surface area contributed by atoms with Crippen molar-refractivity contribution in [2.24, 2.45) is 11.8 Å². The average Bonchev–Trinajstić information content (AvgIpc) is 3.94. The van der Waals surface area contributed by atoms with Crippen molar-refractivity contribution >= 4 is 35.1 Å². The summed E-state index contributed by atoms with van der Waals surface area (Å²) in [6, 6.07) is 0. The first-order valence-corrected chi connectivity index (χ1v) is 20.2. The minimum absolute atomic E-state index is 0.0284. The van der Waals surface area contributed by atoms with Crippen molar-refractivity contribution in [2.45, 2.75) is 208 Å². The van der Waals surface area contributed by atoms with Crippen molar-refractivity contribution in [3.8, 4) is 0 Å². The molecule has 4 fully saturated rings. The summed E-state index contributed by atoms with van der Waals surface area (Å²) >= 11 is 0. The second kappa shape index (κ2) is 18.3. The number of ether oxygens (including phenoxy) is 4. The van der Waals surface area contributed by atoms with Crippen LogP contribution in [0.1, 0.15) is 173 Å². The summed E-state index contributed by atoms with van der Waals surface area (Å²) in [7, 11) is 0. The number of hydrogen-bond donors (Lipinski definition) is 0. The van der Waals surface area contributed by atoms with Gasteiger partial charge in [-0.3, -0.25) is 28.8 Å². The standard InChI is InChI=1S/2C22H34O5/c2*1-14(2)17-9-12-21(5,26-16(4)23)13-10-18(24)15(3)8-7-11-22(6)20(27-22)19(17)25/h2*15,20H,7-13H2,1-6H3/t2*15-,20-,21+,22-/m00/s1. The van der Waals surface area contributed by atoms with Gasteiger partial charge in [-0.05, 0) is 144 Å². The van der Waals surface area contributed by atoms with Crippen LogP contribution in [0.15, 0.2) is 22.3 Å². The van der Waals surface area contributed by atoms with E-state index in [-0.39, 0.29) is 46.9 Å². The molecule has 0 spiro atoms. The van der Waals surface area contributed by atoms with E-state index in [1.165, 1.54) is 13.8 Å². The van der Waals surface area contributed by atoms with E-state index in [1.807, 2.05) is 69.2 Å². The van der Waals surface area contributed by atoms with Crippen LogP contribution in [0, 0.1) is 11.8 Å². The Balaban J connectivity index is 0.000000290. The molecule has 0 amide bonds. The third-order valence-corrected chi connectivity index (χ3v) is 12.2. The van der Waals surface area contributed by atoms with Crippen molar-refractivity contribution in [3.63, 3.8) is 0 Å². The molecule has 4 aliphatic rings. The highest BCUT2D eigenvalue weighted by Gasteiger charge is 2.57. The molecule has 2 aliphatic heterocycles. The van der Waals surface area contributed by atoms with Gasteiger partial charge in [0.05, 0.1) is 0 Å². The van der Waals surface area contributed by atoms with E-state index in [0.717, 1.165) is 60.8 Å². The van der Waals surface area contributed by atoms with Crippen molar-refractivity contribution in [3.05, 3.63) is 22.3 Å². The summed E-state index contributed by atoms with van der Waals surface area (Å²) in [5.41, 5.74) is 1.14. The van der Waals surface area contributed by atoms with Crippen LogP contribution in [0.5, 0.6) is 0 Å². The minimum Gasteiger partial charge on any atom is -0.460 e. The van der Waals surface area contributed by atoms with Gasteiger partial charge in [0.25, 0.3) is 0 Å². The van der Waals surface area contributed by atoms with Crippen LogP contribution in [0.4, 0.5) is 0 Å². The topological polar surface area (TPSA) is 146 Å². The molecule has 0 N–H and O–H groups in total. The number of carbonyl (C=O) groups is 6. The zero-order chi connectivity index (χ0) is 40.8. The average molecular weight is 757 g/mol. The molecule has 0 bridgehead atoms. The van der Waals surface area contributed by atoms with Crippen LogP contribution in [0.3, 0.4) is 0 Å². The summed E-state index contributed by atoms with van der Waals surface area (Å²) in [5, 5.41) is 0. The van der Waals surface area contributed by atoms with Gasteiger partial charge in [0.1, 0.15) is 46.2 Å². The second-order valence-electron chi connectivity index (χ2n) is 17.9. The minimum atomic E-state index is -0.750. The molecule has 0 radical (unpaired) electrons. The lowest BCUT2D eigenvalue weighted by Crippen LogP contribution is -2.33. The van der Waals surface area contributed by atoms with Crippen molar-refractivity contribution in [1.29, 1.82) is 0 Å². The van der Waals surface area contributed by atoms with Crippen LogP contribution in [0.25, 0.3) is 0 Å². The van der Waals surface area contributed by atoms with Crippen LogP contribution in [-0.2, 0) is 47.7 Å².